The number of hydrogen-bond donors (Lipinski definition) is 4. The molecule has 0 bridgehead atoms. The first-order valence-corrected chi connectivity index (χ1v) is 6.77. The number of aryl methyl sites for hydroxylation is 2. The SMILES string of the molecule is Cc1nc(NC(=O)Nc2ccc(C(=O)O)cc2O)sc1C. The van der Waals surface area contributed by atoms with Crippen molar-refractivity contribution in [1.29, 1.82) is 0 Å². The van der Waals surface area contributed by atoms with Crippen molar-refractivity contribution in [3.8, 4) is 5.75 Å². The van der Waals surface area contributed by atoms with Gasteiger partial charge in [-0.25, -0.2) is 14.6 Å². The monoisotopic (exact) mass is 307 g/mol. The Labute approximate surface area is 124 Å². The van der Waals surface area contributed by atoms with Gasteiger partial charge in [0.1, 0.15) is 5.75 Å². The summed E-state index contributed by atoms with van der Waals surface area (Å²) in [5.74, 6) is -1.48. The van der Waals surface area contributed by atoms with Crippen molar-refractivity contribution in [2.24, 2.45) is 0 Å². The van der Waals surface area contributed by atoms with Crippen LogP contribution >= 0.6 is 11.3 Å². The first-order valence-electron chi connectivity index (χ1n) is 5.95. The molecule has 0 spiro atoms. The molecule has 21 heavy (non-hydrogen) atoms. The third-order valence-corrected chi connectivity index (χ3v) is 3.73. The van der Waals surface area contributed by atoms with E-state index in [1.807, 2.05) is 13.8 Å². The van der Waals surface area contributed by atoms with Crippen molar-refractivity contribution >= 4 is 34.2 Å². The van der Waals surface area contributed by atoms with Gasteiger partial charge in [0, 0.05) is 4.88 Å². The molecule has 0 unspecified atom stereocenters. The van der Waals surface area contributed by atoms with Crippen LogP contribution in [0, 0.1) is 13.8 Å². The Morgan fingerprint density at radius 2 is 1.95 bits per heavy atom. The smallest absolute Gasteiger partial charge is 0.335 e. The first-order chi connectivity index (χ1) is 9.86. The van der Waals surface area contributed by atoms with Crippen LogP contribution in [0.15, 0.2) is 18.2 Å². The molecule has 0 aliphatic heterocycles. The minimum Gasteiger partial charge on any atom is -0.506 e. The zero-order chi connectivity index (χ0) is 15.6. The van der Waals surface area contributed by atoms with E-state index in [4.69, 9.17) is 5.11 Å². The molecule has 110 valence electrons. The Balaban J connectivity index is 2.07. The standard InChI is InChI=1S/C13H13N3O4S/c1-6-7(2)21-13(14-6)16-12(20)15-9-4-3-8(11(18)19)5-10(9)17/h3-5,17H,1-2H3,(H,18,19)(H2,14,15,16,20). The van der Waals surface area contributed by atoms with Gasteiger partial charge in [-0.1, -0.05) is 0 Å². The minimum atomic E-state index is -1.16. The third kappa shape index (κ3) is 3.48. The zero-order valence-electron chi connectivity index (χ0n) is 11.3. The second-order valence-corrected chi connectivity index (χ2v) is 5.48. The quantitative estimate of drug-likeness (QED) is 0.651. The summed E-state index contributed by atoms with van der Waals surface area (Å²) in [6.45, 7) is 3.73. The maximum Gasteiger partial charge on any atom is 0.335 e. The highest BCUT2D eigenvalue weighted by molar-refractivity contribution is 7.15. The van der Waals surface area contributed by atoms with Crippen LogP contribution in [0.2, 0.25) is 0 Å². The number of carboxylic acids is 1. The molecule has 2 rings (SSSR count). The topological polar surface area (TPSA) is 112 Å². The van der Waals surface area contributed by atoms with E-state index in [1.165, 1.54) is 23.5 Å². The van der Waals surface area contributed by atoms with Crippen molar-refractivity contribution < 1.29 is 19.8 Å². The molecule has 0 radical (unpaired) electrons. The van der Waals surface area contributed by atoms with Gasteiger partial charge < -0.3 is 15.5 Å². The van der Waals surface area contributed by atoms with Crippen molar-refractivity contribution in [3.63, 3.8) is 0 Å². The van der Waals surface area contributed by atoms with Crippen molar-refractivity contribution in [2.45, 2.75) is 13.8 Å². The molecule has 7 nitrogen and oxygen atoms in total. The summed E-state index contributed by atoms with van der Waals surface area (Å²) in [4.78, 5) is 27.7. The van der Waals surface area contributed by atoms with Gasteiger partial charge >= 0.3 is 12.0 Å². The summed E-state index contributed by atoms with van der Waals surface area (Å²) in [5, 5.41) is 23.9. The minimum absolute atomic E-state index is 0.0652. The molecule has 0 aliphatic rings. The highest BCUT2D eigenvalue weighted by Gasteiger charge is 2.12. The number of anilines is 2. The van der Waals surface area contributed by atoms with Crippen molar-refractivity contribution in [2.75, 3.05) is 10.6 Å². The molecule has 1 aromatic heterocycles. The number of aromatic carboxylic acids is 1. The van der Waals surface area contributed by atoms with Crippen LogP contribution < -0.4 is 10.6 Å². The summed E-state index contributed by atoms with van der Waals surface area (Å²) in [5.41, 5.74) is 0.885. The van der Waals surface area contributed by atoms with Crippen LogP contribution in [-0.4, -0.2) is 27.2 Å². The number of amides is 2. The Kier molecular flexibility index (Phi) is 4.08. The number of nitrogens with one attached hydrogen (secondary N) is 2. The fourth-order valence-corrected chi connectivity index (χ4v) is 2.36. The molecule has 0 atom stereocenters. The molecular weight excluding hydrogens is 294 g/mol. The lowest BCUT2D eigenvalue weighted by atomic mass is 10.2. The average Bonchev–Trinajstić information content (AvgIpc) is 2.70. The van der Waals surface area contributed by atoms with Gasteiger partial charge in [0.25, 0.3) is 0 Å². The molecule has 1 heterocycles. The summed E-state index contributed by atoms with van der Waals surface area (Å²) in [7, 11) is 0. The van der Waals surface area contributed by atoms with Gasteiger partial charge in [-0.15, -0.1) is 11.3 Å². The molecule has 0 aliphatic carbocycles. The van der Waals surface area contributed by atoms with Crippen LogP contribution in [0.25, 0.3) is 0 Å². The molecule has 0 fully saturated rings. The van der Waals surface area contributed by atoms with Crippen LogP contribution in [0.1, 0.15) is 20.9 Å². The summed E-state index contributed by atoms with van der Waals surface area (Å²) < 4.78 is 0. The predicted molar refractivity (Wildman–Crippen MR) is 79.3 cm³/mol. The van der Waals surface area contributed by atoms with Gasteiger partial charge in [-0.3, -0.25) is 5.32 Å². The van der Waals surface area contributed by atoms with Gasteiger partial charge in [-0.05, 0) is 32.0 Å². The molecule has 8 heteroatoms. The molecule has 2 aromatic rings. The van der Waals surface area contributed by atoms with E-state index in [1.54, 1.807) is 0 Å². The first kappa shape index (κ1) is 14.8. The number of carboxylic acid groups (broad SMARTS) is 1. The number of thiazole rings is 1. The Bertz CT molecular complexity index is 692. The lowest BCUT2D eigenvalue weighted by Gasteiger charge is -2.08. The van der Waals surface area contributed by atoms with Gasteiger partial charge in [0.2, 0.25) is 0 Å². The van der Waals surface area contributed by atoms with Crippen LogP contribution in [-0.2, 0) is 0 Å². The van der Waals surface area contributed by atoms with E-state index in [-0.39, 0.29) is 17.0 Å². The fourth-order valence-electron chi connectivity index (χ4n) is 1.55. The van der Waals surface area contributed by atoms with E-state index in [2.05, 4.69) is 15.6 Å². The number of benzene rings is 1. The summed E-state index contributed by atoms with van der Waals surface area (Å²) >= 11 is 1.34. The van der Waals surface area contributed by atoms with Gasteiger partial charge in [-0.2, -0.15) is 0 Å². The maximum atomic E-state index is 11.8. The molecule has 0 saturated heterocycles. The van der Waals surface area contributed by atoms with E-state index < -0.39 is 12.0 Å². The lowest BCUT2D eigenvalue weighted by Crippen LogP contribution is -2.19. The number of nitrogens with zero attached hydrogens (tertiary/aromatic N) is 1. The predicted octanol–water partition coefficient (Wildman–Crippen LogP) is 2.81. The molecule has 2 amide bonds. The Morgan fingerprint density at radius 1 is 1.24 bits per heavy atom. The van der Waals surface area contributed by atoms with Crippen LogP contribution in [0.5, 0.6) is 5.75 Å². The van der Waals surface area contributed by atoms with E-state index in [9.17, 15) is 14.7 Å². The number of phenols is 1. The third-order valence-electron chi connectivity index (χ3n) is 2.74. The van der Waals surface area contributed by atoms with Gasteiger partial charge in [0.05, 0.1) is 16.9 Å². The maximum absolute atomic E-state index is 11.8. The molecular formula is C13H13N3O4S. The number of urea groups is 1. The Hall–Kier alpha value is -2.61. The van der Waals surface area contributed by atoms with E-state index in [0.717, 1.165) is 16.6 Å². The van der Waals surface area contributed by atoms with E-state index in [0.29, 0.717) is 5.13 Å². The fraction of sp³-hybridized carbons (Fsp3) is 0.154. The van der Waals surface area contributed by atoms with Gasteiger partial charge in [0.15, 0.2) is 5.13 Å². The normalized spacial score (nSPS) is 10.2. The number of aromatic nitrogens is 1. The molecule has 4 N–H and O–H groups in total. The van der Waals surface area contributed by atoms with E-state index >= 15 is 0 Å². The number of hydrogen-bond acceptors (Lipinski definition) is 5. The van der Waals surface area contributed by atoms with Crippen molar-refractivity contribution in [3.05, 3.63) is 34.3 Å². The number of carbonyl (C=O) groups excluding carboxylic acids is 1. The second-order valence-electron chi connectivity index (χ2n) is 4.28. The summed E-state index contributed by atoms with van der Waals surface area (Å²) in [6.07, 6.45) is 0. The molecule has 1 aromatic carbocycles. The highest BCUT2D eigenvalue weighted by atomic mass is 32.1. The zero-order valence-corrected chi connectivity index (χ0v) is 12.1. The largest absolute Gasteiger partial charge is 0.506 e. The number of aromatic hydroxyl groups is 1. The summed E-state index contributed by atoms with van der Waals surface area (Å²) in [6, 6.07) is 3.10. The number of carbonyl (C=O) groups is 2. The van der Waals surface area contributed by atoms with Crippen LogP contribution in [0.4, 0.5) is 15.6 Å². The number of phenolic OH excluding ortho intramolecular Hbond substituents is 1. The second kappa shape index (κ2) is 5.80. The molecule has 0 saturated carbocycles. The Morgan fingerprint density at radius 3 is 2.48 bits per heavy atom. The van der Waals surface area contributed by atoms with Crippen LogP contribution in [0.3, 0.4) is 0 Å². The lowest BCUT2D eigenvalue weighted by molar-refractivity contribution is 0.0696. The highest BCUT2D eigenvalue weighted by Crippen LogP contribution is 2.25. The average molecular weight is 307 g/mol. The number of rotatable bonds is 3. The van der Waals surface area contributed by atoms with Crippen molar-refractivity contribution in [1.82, 2.24) is 4.98 Å².